The van der Waals surface area contributed by atoms with Gasteiger partial charge < -0.3 is 10.4 Å². The predicted molar refractivity (Wildman–Crippen MR) is 61.8 cm³/mol. The number of carbonyl (C=O) groups is 1. The van der Waals surface area contributed by atoms with E-state index in [9.17, 15) is 9.90 Å². The molecule has 4 unspecified atom stereocenters. The lowest BCUT2D eigenvalue weighted by molar-refractivity contribution is -0.144. The van der Waals surface area contributed by atoms with Gasteiger partial charge in [-0.1, -0.05) is 0 Å². The summed E-state index contributed by atoms with van der Waals surface area (Å²) >= 11 is 0. The summed E-state index contributed by atoms with van der Waals surface area (Å²) in [4.78, 5) is 11.2. The van der Waals surface area contributed by atoms with E-state index >= 15 is 0 Å². The Labute approximate surface area is 96.6 Å². The van der Waals surface area contributed by atoms with Crippen LogP contribution in [0, 0.1) is 29.6 Å². The highest BCUT2D eigenvalue weighted by atomic mass is 16.4. The Morgan fingerprint density at radius 3 is 2.88 bits per heavy atom. The van der Waals surface area contributed by atoms with Gasteiger partial charge in [-0.25, -0.2) is 0 Å². The molecule has 3 nitrogen and oxygen atoms in total. The van der Waals surface area contributed by atoms with Gasteiger partial charge in [0, 0.05) is 19.0 Å². The van der Waals surface area contributed by atoms with Crippen LogP contribution in [0.1, 0.15) is 32.6 Å². The summed E-state index contributed by atoms with van der Waals surface area (Å²) in [6.45, 7) is 2.65. The normalized spacial score (nSPS) is 35.8. The molecule has 0 aromatic carbocycles. The Hall–Kier alpha value is -1.01. The number of nitrogens with one attached hydrogen (secondary N) is 1. The SMILES string of the molecule is CC#CCCNC1C2CCC(C2)C1C(=O)O. The Bertz CT molecular complexity index is 329. The number of carboxylic acid groups (broad SMARTS) is 1. The monoisotopic (exact) mass is 221 g/mol. The van der Waals surface area contributed by atoms with Gasteiger partial charge in [0.25, 0.3) is 0 Å². The lowest BCUT2D eigenvalue weighted by Crippen LogP contribution is -2.44. The van der Waals surface area contributed by atoms with Gasteiger partial charge in [-0.15, -0.1) is 11.8 Å². The van der Waals surface area contributed by atoms with Crippen molar-refractivity contribution in [2.45, 2.75) is 38.6 Å². The molecule has 4 atom stereocenters. The van der Waals surface area contributed by atoms with Crippen LogP contribution in [0.4, 0.5) is 0 Å². The number of hydrogen-bond acceptors (Lipinski definition) is 2. The maximum Gasteiger partial charge on any atom is 0.308 e. The molecule has 2 bridgehead atoms. The van der Waals surface area contributed by atoms with Crippen LogP contribution < -0.4 is 5.32 Å². The highest BCUT2D eigenvalue weighted by Gasteiger charge is 2.50. The molecular formula is C13H19NO2. The van der Waals surface area contributed by atoms with Crippen molar-refractivity contribution in [3.63, 3.8) is 0 Å². The third kappa shape index (κ3) is 2.08. The second-order valence-electron chi connectivity index (χ2n) is 4.85. The molecule has 2 rings (SSSR count). The summed E-state index contributed by atoms with van der Waals surface area (Å²) in [6, 6.07) is 0.190. The summed E-state index contributed by atoms with van der Waals surface area (Å²) in [6.07, 6.45) is 4.23. The zero-order valence-corrected chi connectivity index (χ0v) is 9.70. The van der Waals surface area contributed by atoms with E-state index in [0.717, 1.165) is 25.8 Å². The summed E-state index contributed by atoms with van der Waals surface area (Å²) in [5.41, 5.74) is 0. The topological polar surface area (TPSA) is 49.3 Å². The van der Waals surface area contributed by atoms with Crippen LogP contribution in [0.5, 0.6) is 0 Å². The molecule has 0 heterocycles. The quantitative estimate of drug-likeness (QED) is 0.558. The van der Waals surface area contributed by atoms with Crippen LogP contribution in [0.3, 0.4) is 0 Å². The summed E-state index contributed by atoms with van der Waals surface area (Å²) < 4.78 is 0. The summed E-state index contributed by atoms with van der Waals surface area (Å²) in [5.74, 6) is 6.08. The smallest absolute Gasteiger partial charge is 0.308 e. The van der Waals surface area contributed by atoms with E-state index in [1.165, 1.54) is 6.42 Å². The number of rotatable bonds is 4. The number of fused-ring (bicyclic) bond motifs is 2. The molecule has 2 aliphatic carbocycles. The van der Waals surface area contributed by atoms with Crippen molar-refractivity contribution in [2.24, 2.45) is 17.8 Å². The van der Waals surface area contributed by atoms with Crippen LogP contribution in [-0.2, 0) is 4.79 Å². The van der Waals surface area contributed by atoms with E-state index in [0.29, 0.717) is 11.8 Å². The lowest BCUT2D eigenvalue weighted by atomic mass is 9.84. The molecule has 16 heavy (non-hydrogen) atoms. The minimum absolute atomic E-state index is 0.159. The fraction of sp³-hybridized carbons (Fsp3) is 0.769. The first-order valence-corrected chi connectivity index (χ1v) is 6.10. The molecule has 0 saturated heterocycles. The van der Waals surface area contributed by atoms with E-state index in [1.54, 1.807) is 0 Å². The van der Waals surface area contributed by atoms with E-state index in [-0.39, 0.29) is 12.0 Å². The van der Waals surface area contributed by atoms with Crippen molar-refractivity contribution in [3.8, 4) is 11.8 Å². The Morgan fingerprint density at radius 1 is 1.44 bits per heavy atom. The second kappa shape index (κ2) is 4.88. The van der Waals surface area contributed by atoms with Gasteiger partial charge in [-0.05, 0) is 38.0 Å². The minimum atomic E-state index is -0.619. The fourth-order valence-corrected chi connectivity index (χ4v) is 3.37. The van der Waals surface area contributed by atoms with Crippen LogP contribution in [-0.4, -0.2) is 23.7 Å². The third-order valence-corrected chi connectivity index (χ3v) is 4.01. The molecule has 0 amide bonds. The van der Waals surface area contributed by atoms with Gasteiger partial charge in [-0.2, -0.15) is 0 Å². The van der Waals surface area contributed by atoms with Crippen LogP contribution in [0.25, 0.3) is 0 Å². The first kappa shape index (κ1) is 11.5. The third-order valence-electron chi connectivity index (χ3n) is 4.01. The molecule has 0 aliphatic heterocycles. The Kier molecular flexibility index (Phi) is 3.50. The van der Waals surface area contributed by atoms with Crippen molar-refractivity contribution in [1.82, 2.24) is 5.32 Å². The molecule has 3 heteroatoms. The molecule has 2 N–H and O–H groups in total. The molecule has 2 saturated carbocycles. The van der Waals surface area contributed by atoms with E-state index in [1.807, 2.05) is 6.92 Å². The zero-order valence-electron chi connectivity index (χ0n) is 9.70. The van der Waals surface area contributed by atoms with Crippen molar-refractivity contribution < 1.29 is 9.90 Å². The van der Waals surface area contributed by atoms with Crippen molar-refractivity contribution in [3.05, 3.63) is 0 Å². The average molecular weight is 221 g/mol. The van der Waals surface area contributed by atoms with Gasteiger partial charge >= 0.3 is 5.97 Å². The number of hydrogen-bond donors (Lipinski definition) is 2. The number of aliphatic carboxylic acids is 1. The highest BCUT2D eigenvalue weighted by Crippen LogP contribution is 2.48. The van der Waals surface area contributed by atoms with E-state index < -0.39 is 5.97 Å². The fourth-order valence-electron chi connectivity index (χ4n) is 3.37. The standard InChI is InChI=1S/C13H19NO2/c1-2-3-4-7-14-12-10-6-5-9(8-10)11(12)13(15)16/h9-12,14H,4-8H2,1H3,(H,15,16). The predicted octanol–water partition coefficient (Wildman–Crippen LogP) is 1.49. The van der Waals surface area contributed by atoms with Gasteiger partial charge in [-0.3, -0.25) is 4.79 Å². The first-order valence-electron chi connectivity index (χ1n) is 6.10. The maximum absolute atomic E-state index is 11.2. The Morgan fingerprint density at radius 2 is 2.19 bits per heavy atom. The zero-order chi connectivity index (χ0) is 11.5. The molecule has 2 aliphatic rings. The number of carboxylic acids is 1. The highest BCUT2D eigenvalue weighted by molar-refractivity contribution is 5.72. The maximum atomic E-state index is 11.2. The largest absolute Gasteiger partial charge is 0.481 e. The van der Waals surface area contributed by atoms with Crippen molar-refractivity contribution >= 4 is 5.97 Å². The Balaban J connectivity index is 1.90. The van der Waals surface area contributed by atoms with E-state index in [2.05, 4.69) is 17.2 Å². The van der Waals surface area contributed by atoms with Crippen molar-refractivity contribution in [1.29, 1.82) is 0 Å². The summed E-state index contributed by atoms with van der Waals surface area (Å²) in [5, 5.41) is 12.6. The van der Waals surface area contributed by atoms with Crippen LogP contribution in [0.15, 0.2) is 0 Å². The molecule has 88 valence electrons. The second-order valence-corrected chi connectivity index (χ2v) is 4.85. The van der Waals surface area contributed by atoms with Crippen LogP contribution >= 0.6 is 0 Å². The first-order chi connectivity index (χ1) is 7.74. The molecule has 0 aromatic heterocycles. The molecule has 0 radical (unpaired) electrons. The van der Waals surface area contributed by atoms with Gasteiger partial charge in [0.2, 0.25) is 0 Å². The molecule has 0 aromatic rings. The average Bonchev–Trinajstić information content (AvgIpc) is 2.83. The van der Waals surface area contributed by atoms with Gasteiger partial charge in [0.05, 0.1) is 5.92 Å². The van der Waals surface area contributed by atoms with Gasteiger partial charge in [0.15, 0.2) is 0 Å². The molecular weight excluding hydrogens is 202 g/mol. The molecule has 0 spiro atoms. The molecule has 2 fully saturated rings. The van der Waals surface area contributed by atoms with Crippen molar-refractivity contribution in [2.75, 3.05) is 6.54 Å². The van der Waals surface area contributed by atoms with E-state index in [4.69, 9.17) is 0 Å². The van der Waals surface area contributed by atoms with Crippen LogP contribution in [0.2, 0.25) is 0 Å². The minimum Gasteiger partial charge on any atom is -0.481 e. The van der Waals surface area contributed by atoms with Gasteiger partial charge in [0.1, 0.15) is 0 Å². The lowest BCUT2D eigenvalue weighted by Gasteiger charge is -2.28. The summed E-state index contributed by atoms with van der Waals surface area (Å²) in [7, 11) is 0.